The van der Waals surface area contributed by atoms with E-state index in [1.807, 2.05) is 47.4 Å². The van der Waals surface area contributed by atoms with Gasteiger partial charge in [-0.1, -0.05) is 24.3 Å². The van der Waals surface area contributed by atoms with Crippen molar-refractivity contribution < 1.29 is 9.53 Å². The van der Waals surface area contributed by atoms with E-state index in [-0.39, 0.29) is 11.9 Å². The van der Waals surface area contributed by atoms with Gasteiger partial charge >= 0.3 is 0 Å². The predicted molar refractivity (Wildman–Crippen MR) is 80.2 cm³/mol. The third-order valence-corrected chi connectivity index (χ3v) is 3.89. The maximum Gasteiger partial charge on any atom is 0.254 e. The van der Waals surface area contributed by atoms with Crippen molar-refractivity contribution in [2.45, 2.75) is 18.9 Å². The van der Waals surface area contributed by atoms with Crippen LogP contribution in [-0.4, -0.2) is 29.4 Å². The first-order valence-electron chi connectivity index (χ1n) is 7.15. The van der Waals surface area contributed by atoms with Crippen LogP contribution < -0.4 is 4.74 Å². The Hall–Kier alpha value is -2.36. The van der Waals surface area contributed by atoms with E-state index >= 15 is 0 Å². The van der Waals surface area contributed by atoms with Crippen LogP contribution in [0.1, 0.15) is 34.8 Å². The van der Waals surface area contributed by atoms with Gasteiger partial charge in [0.1, 0.15) is 0 Å². The number of likely N-dealkylation sites (tertiary alicyclic amines) is 1. The van der Waals surface area contributed by atoms with Crippen molar-refractivity contribution in [3.05, 3.63) is 59.8 Å². The van der Waals surface area contributed by atoms with E-state index in [4.69, 9.17) is 4.74 Å². The highest BCUT2D eigenvalue weighted by molar-refractivity contribution is 5.94. The summed E-state index contributed by atoms with van der Waals surface area (Å²) < 4.78 is 5.08. The van der Waals surface area contributed by atoms with E-state index in [2.05, 4.69) is 4.98 Å². The van der Waals surface area contributed by atoms with Crippen LogP contribution >= 0.6 is 0 Å². The summed E-state index contributed by atoms with van der Waals surface area (Å²) in [6.07, 6.45) is 3.81. The Morgan fingerprint density at radius 2 is 2.05 bits per heavy atom. The normalized spacial score (nSPS) is 17.8. The van der Waals surface area contributed by atoms with Gasteiger partial charge in [0.25, 0.3) is 5.91 Å². The number of amides is 1. The van der Waals surface area contributed by atoms with Crippen molar-refractivity contribution >= 4 is 5.91 Å². The zero-order valence-corrected chi connectivity index (χ0v) is 12.0. The standard InChI is InChI=1S/C17H18N2O2/c1-21-16-10-9-14(12-18-16)15-8-5-11-19(15)17(20)13-6-3-2-4-7-13/h2-4,6-7,9-10,12,15H,5,8,11H2,1H3/t15-/m0/s1. The van der Waals surface area contributed by atoms with Crippen molar-refractivity contribution in [2.24, 2.45) is 0 Å². The molecular formula is C17H18N2O2. The highest BCUT2D eigenvalue weighted by Gasteiger charge is 2.30. The smallest absolute Gasteiger partial charge is 0.254 e. The van der Waals surface area contributed by atoms with Gasteiger partial charge in [0.2, 0.25) is 5.88 Å². The average Bonchev–Trinajstić information content (AvgIpc) is 3.04. The van der Waals surface area contributed by atoms with Crippen molar-refractivity contribution in [2.75, 3.05) is 13.7 Å². The van der Waals surface area contributed by atoms with Gasteiger partial charge in [-0.05, 0) is 30.5 Å². The van der Waals surface area contributed by atoms with Crippen LogP contribution in [0.4, 0.5) is 0 Å². The molecule has 1 atom stereocenters. The molecule has 2 heterocycles. The number of nitrogens with zero attached hydrogens (tertiary/aromatic N) is 2. The lowest BCUT2D eigenvalue weighted by atomic mass is 10.1. The number of rotatable bonds is 3. The van der Waals surface area contributed by atoms with Gasteiger partial charge in [-0.3, -0.25) is 4.79 Å². The zero-order chi connectivity index (χ0) is 14.7. The Balaban J connectivity index is 1.83. The lowest BCUT2D eigenvalue weighted by molar-refractivity contribution is 0.0735. The minimum atomic E-state index is 0.0916. The molecule has 1 saturated heterocycles. The monoisotopic (exact) mass is 282 g/mol. The average molecular weight is 282 g/mol. The van der Waals surface area contributed by atoms with E-state index in [1.165, 1.54) is 0 Å². The summed E-state index contributed by atoms with van der Waals surface area (Å²) in [5.74, 6) is 0.687. The number of pyridine rings is 1. The summed E-state index contributed by atoms with van der Waals surface area (Å²) >= 11 is 0. The number of hydrogen-bond acceptors (Lipinski definition) is 3. The molecule has 1 aliphatic heterocycles. The minimum Gasteiger partial charge on any atom is -0.481 e. The summed E-state index contributed by atoms with van der Waals surface area (Å²) in [7, 11) is 1.60. The third-order valence-electron chi connectivity index (χ3n) is 3.89. The van der Waals surface area contributed by atoms with Gasteiger partial charge < -0.3 is 9.64 Å². The molecule has 1 amide bonds. The Bertz CT molecular complexity index is 610. The summed E-state index contributed by atoms with van der Waals surface area (Å²) in [6.45, 7) is 0.796. The van der Waals surface area contributed by atoms with Crippen molar-refractivity contribution in [1.82, 2.24) is 9.88 Å². The van der Waals surface area contributed by atoms with Crippen LogP contribution in [0.2, 0.25) is 0 Å². The maximum atomic E-state index is 12.6. The fraction of sp³-hybridized carbons (Fsp3) is 0.294. The van der Waals surface area contributed by atoms with Gasteiger partial charge in [-0.15, -0.1) is 0 Å². The van der Waals surface area contributed by atoms with Gasteiger partial charge in [0, 0.05) is 24.4 Å². The van der Waals surface area contributed by atoms with Crippen LogP contribution in [0, 0.1) is 0 Å². The Morgan fingerprint density at radius 3 is 2.71 bits per heavy atom. The molecule has 4 heteroatoms. The molecule has 3 rings (SSSR count). The minimum absolute atomic E-state index is 0.0916. The SMILES string of the molecule is COc1ccc([C@@H]2CCCN2C(=O)c2ccccc2)cn1. The molecule has 21 heavy (non-hydrogen) atoms. The van der Waals surface area contributed by atoms with Gasteiger partial charge in [-0.25, -0.2) is 4.98 Å². The maximum absolute atomic E-state index is 12.6. The number of ether oxygens (including phenoxy) is 1. The van der Waals surface area contributed by atoms with Gasteiger partial charge in [-0.2, -0.15) is 0 Å². The molecule has 1 aliphatic rings. The van der Waals surface area contributed by atoms with Crippen LogP contribution in [0.15, 0.2) is 48.7 Å². The Labute approximate surface area is 124 Å². The highest BCUT2D eigenvalue weighted by Crippen LogP contribution is 2.33. The number of hydrogen-bond donors (Lipinski definition) is 0. The summed E-state index contributed by atoms with van der Waals surface area (Å²) in [6, 6.07) is 13.4. The summed E-state index contributed by atoms with van der Waals surface area (Å²) in [5, 5.41) is 0. The van der Waals surface area contributed by atoms with Crippen LogP contribution in [0.3, 0.4) is 0 Å². The molecule has 0 aliphatic carbocycles. The van der Waals surface area contributed by atoms with Crippen molar-refractivity contribution in [3.63, 3.8) is 0 Å². The molecule has 0 bridgehead atoms. The molecule has 4 nitrogen and oxygen atoms in total. The van der Waals surface area contributed by atoms with Crippen LogP contribution in [-0.2, 0) is 0 Å². The number of carbonyl (C=O) groups is 1. The lowest BCUT2D eigenvalue weighted by Crippen LogP contribution is -2.30. The third kappa shape index (κ3) is 2.75. The Kier molecular flexibility index (Phi) is 3.86. The predicted octanol–water partition coefficient (Wildman–Crippen LogP) is 3.07. The van der Waals surface area contributed by atoms with Crippen LogP contribution in [0.5, 0.6) is 5.88 Å². The summed E-state index contributed by atoms with van der Waals surface area (Å²) in [4.78, 5) is 18.8. The number of methoxy groups -OCH3 is 1. The molecule has 1 fully saturated rings. The molecule has 1 aromatic heterocycles. The zero-order valence-electron chi connectivity index (χ0n) is 12.0. The van der Waals surface area contributed by atoms with E-state index in [9.17, 15) is 4.79 Å². The first kappa shape index (κ1) is 13.6. The van der Waals surface area contributed by atoms with Crippen molar-refractivity contribution in [3.8, 4) is 5.88 Å². The number of carbonyl (C=O) groups excluding carboxylic acids is 1. The molecular weight excluding hydrogens is 264 g/mol. The molecule has 0 unspecified atom stereocenters. The van der Waals surface area contributed by atoms with Crippen LogP contribution in [0.25, 0.3) is 0 Å². The molecule has 0 radical (unpaired) electrons. The first-order chi connectivity index (χ1) is 10.3. The fourth-order valence-electron chi connectivity index (χ4n) is 2.81. The van der Waals surface area contributed by atoms with E-state index in [1.54, 1.807) is 13.3 Å². The second-order valence-corrected chi connectivity index (χ2v) is 5.16. The quantitative estimate of drug-likeness (QED) is 0.869. The van der Waals surface area contributed by atoms with E-state index < -0.39 is 0 Å². The Morgan fingerprint density at radius 1 is 1.24 bits per heavy atom. The van der Waals surface area contributed by atoms with Gasteiger partial charge in [0.05, 0.1) is 13.2 Å². The molecule has 108 valence electrons. The number of benzene rings is 1. The first-order valence-corrected chi connectivity index (χ1v) is 7.15. The van der Waals surface area contributed by atoms with Crippen molar-refractivity contribution in [1.29, 1.82) is 0 Å². The largest absolute Gasteiger partial charge is 0.481 e. The molecule has 0 saturated carbocycles. The fourth-order valence-corrected chi connectivity index (χ4v) is 2.81. The second-order valence-electron chi connectivity index (χ2n) is 5.16. The topological polar surface area (TPSA) is 42.4 Å². The van der Waals surface area contributed by atoms with E-state index in [0.29, 0.717) is 5.88 Å². The molecule has 1 aromatic carbocycles. The lowest BCUT2D eigenvalue weighted by Gasteiger charge is -2.25. The second kappa shape index (κ2) is 5.95. The highest BCUT2D eigenvalue weighted by atomic mass is 16.5. The van der Waals surface area contributed by atoms with E-state index in [0.717, 1.165) is 30.5 Å². The molecule has 0 spiro atoms. The molecule has 0 N–H and O–H groups in total. The summed E-state index contributed by atoms with van der Waals surface area (Å²) in [5.41, 5.74) is 1.81. The number of aromatic nitrogens is 1. The molecule has 2 aromatic rings. The van der Waals surface area contributed by atoms with Gasteiger partial charge in [0.15, 0.2) is 0 Å².